The van der Waals surface area contributed by atoms with E-state index in [0.717, 1.165) is 0 Å². The molecule has 0 aliphatic rings. The van der Waals surface area contributed by atoms with Crippen molar-refractivity contribution >= 4 is 23.3 Å². The Bertz CT molecular complexity index is 469. The Morgan fingerprint density at radius 3 is 2.52 bits per heavy atom. The largest absolute Gasteiger partial charge is 0.480 e. The molecule has 0 bridgehead atoms. The molecule has 0 saturated carbocycles. The molecule has 0 radical (unpaired) electrons. The summed E-state index contributed by atoms with van der Waals surface area (Å²) in [4.78, 5) is 24.2. The van der Waals surface area contributed by atoms with E-state index >= 15 is 0 Å². The highest BCUT2D eigenvalue weighted by Crippen LogP contribution is 2.26. The van der Waals surface area contributed by atoms with E-state index in [1.54, 1.807) is 11.3 Å². The number of hydrogen-bond acceptors (Lipinski definition) is 3. The third-order valence-electron chi connectivity index (χ3n) is 3.19. The second kappa shape index (κ2) is 7.45. The van der Waals surface area contributed by atoms with Crippen LogP contribution in [0, 0.1) is 5.92 Å². The van der Waals surface area contributed by atoms with Crippen molar-refractivity contribution < 1.29 is 14.7 Å². The highest BCUT2D eigenvalue weighted by Gasteiger charge is 2.24. The van der Waals surface area contributed by atoms with Crippen LogP contribution in [0.2, 0.25) is 0 Å². The quantitative estimate of drug-likeness (QED) is 0.724. The van der Waals surface area contributed by atoms with Crippen molar-refractivity contribution in [1.82, 2.24) is 10.6 Å². The Labute approximate surface area is 129 Å². The summed E-state index contributed by atoms with van der Waals surface area (Å²) in [5, 5.41) is 16.4. The van der Waals surface area contributed by atoms with Gasteiger partial charge in [-0.25, -0.2) is 9.59 Å². The molecule has 3 N–H and O–H groups in total. The zero-order valence-electron chi connectivity index (χ0n) is 13.0. The van der Waals surface area contributed by atoms with Gasteiger partial charge in [0, 0.05) is 16.8 Å². The van der Waals surface area contributed by atoms with Crippen LogP contribution in [0.15, 0.2) is 17.5 Å². The van der Waals surface area contributed by atoms with Gasteiger partial charge in [0.05, 0.1) is 0 Å². The second-order valence-corrected chi connectivity index (χ2v) is 7.16. The first-order valence-electron chi connectivity index (χ1n) is 7.03. The number of thiophene rings is 1. The number of rotatable bonds is 7. The second-order valence-electron chi connectivity index (χ2n) is 6.21. The number of urea groups is 1. The average molecular weight is 312 g/mol. The predicted molar refractivity (Wildman–Crippen MR) is 84.8 cm³/mol. The minimum absolute atomic E-state index is 0.178. The van der Waals surface area contributed by atoms with Gasteiger partial charge in [0.1, 0.15) is 6.04 Å². The molecule has 0 spiro atoms. The number of aliphatic carboxylic acids is 1. The monoisotopic (exact) mass is 312 g/mol. The van der Waals surface area contributed by atoms with Crippen LogP contribution >= 0.6 is 11.3 Å². The SMILES string of the molecule is CC(C)C[C@@H](NC(=O)NCC(C)(C)c1cccs1)C(=O)O. The number of hydrogen-bond donors (Lipinski definition) is 3. The van der Waals surface area contributed by atoms with Gasteiger partial charge < -0.3 is 15.7 Å². The first kappa shape index (κ1) is 17.5. The van der Waals surface area contributed by atoms with E-state index in [2.05, 4.69) is 10.6 Å². The van der Waals surface area contributed by atoms with Crippen molar-refractivity contribution in [2.45, 2.75) is 45.6 Å². The third kappa shape index (κ3) is 5.75. The zero-order valence-corrected chi connectivity index (χ0v) is 13.8. The minimum atomic E-state index is -1.00. The predicted octanol–water partition coefficient (Wildman–Crippen LogP) is 2.82. The molecule has 1 rings (SSSR count). The van der Waals surface area contributed by atoms with Crippen molar-refractivity contribution in [3.05, 3.63) is 22.4 Å². The lowest BCUT2D eigenvalue weighted by molar-refractivity contribution is -0.139. The molecule has 1 heterocycles. The Balaban J connectivity index is 2.51. The van der Waals surface area contributed by atoms with Crippen LogP contribution in [0.4, 0.5) is 4.79 Å². The topological polar surface area (TPSA) is 78.4 Å². The van der Waals surface area contributed by atoms with Gasteiger partial charge in [-0.3, -0.25) is 0 Å². The van der Waals surface area contributed by atoms with Crippen LogP contribution in [0.5, 0.6) is 0 Å². The molecule has 0 aromatic carbocycles. The summed E-state index contributed by atoms with van der Waals surface area (Å²) in [6, 6.07) is 2.72. The maximum absolute atomic E-state index is 11.9. The molecule has 2 amide bonds. The molecular formula is C15H24N2O3S. The molecule has 5 nitrogen and oxygen atoms in total. The van der Waals surface area contributed by atoms with E-state index in [-0.39, 0.29) is 11.3 Å². The molecule has 6 heteroatoms. The van der Waals surface area contributed by atoms with E-state index in [4.69, 9.17) is 5.11 Å². The fourth-order valence-corrected chi connectivity index (χ4v) is 2.81. The van der Waals surface area contributed by atoms with Crippen LogP contribution in [0.25, 0.3) is 0 Å². The summed E-state index contributed by atoms with van der Waals surface area (Å²) in [5.74, 6) is -0.801. The normalized spacial score (nSPS) is 13.0. The van der Waals surface area contributed by atoms with E-state index < -0.39 is 18.0 Å². The van der Waals surface area contributed by atoms with Crippen molar-refractivity contribution in [3.63, 3.8) is 0 Å². The summed E-state index contributed by atoms with van der Waals surface area (Å²) < 4.78 is 0. The number of carboxylic acid groups (broad SMARTS) is 1. The zero-order chi connectivity index (χ0) is 16.0. The molecule has 0 aliphatic heterocycles. The maximum atomic E-state index is 11.9. The summed E-state index contributed by atoms with van der Waals surface area (Å²) in [5.41, 5.74) is -0.178. The third-order valence-corrected chi connectivity index (χ3v) is 4.43. The molecule has 1 aromatic rings. The summed E-state index contributed by atoms with van der Waals surface area (Å²) >= 11 is 1.64. The lowest BCUT2D eigenvalue weighted by atomic mass is 9.91. The summed E-state index contributed by atoms with van der Waals surface area (Å²) in [6.45, 7) is 8.39. The first-order chi connectivity index (χ1) is 9.72. The molecule has 0 unspecified atom stereocenters. The van der Waals surface area contributed by atoms with E-state index in [9.17, 15) is 9.59 Å². The molecule has 0 fully saturated rings. The van der Waals surface area contributed by atoms with E-state index in [0.29, 0.717) is 13.0 Å². The van der Waals surface area contributed by atoms with Crippen molar-refractivity contribution in [3.8, 4) is 0 Å². The summed E-state index contributed by atoms with van der Waals surface area (Å²) in [6.07, 6.45) is 0.414. The van der Waals surface area contributed by atoms with Gasteiger partial charge in [-0.15, -0.1) is 11.3 Å². The highest BCUT2D eigenvalue weighted by molar-refractivity contribution is 7.10. The van der Waals surface area contributed by atoms with Crippen LogP contribution in [0.3, 0.4) is 0 Å². The average Bonchev–Trinajstić information content (AvgIpc) is 2.89. The number of nitrogens with one attached hydrogen (secondary N) is 2. The highest BCUT2D eigenvalue weighted by atomic mass is 32.1. The van der Waals surface area contributed by atoms with Crippen molar-refractivity contribution in [2.24, 2.45) is 5.92 Å². The molecule has 21 heavy (non-hydrogen) atoms. The van der Waals surface area contributed by atoms with E-state index in [1.165, 1.54) is 4.88 Å². The van der Waals surface area contributed by atoms with Gasteiger partial charge in [0.15, 0.2) is 0 Å². The van der Waals surface area contributed by atoms with Gasteiger partial charge in [0.2, 0.25) is 0 Å². The molecule has 0 aliphatic carbocycles. The Hall–Kier alpha value is -1.56. The van der Waals surface area contributed by atoms with Crippen LogP contribution in [0.1, 0.15) is 39.0 Å². The lowest BCUT2D eigenvalue weighted by Gasteiger charge is -2.24. The van der Waals surface area contributed by atoms with Crippen molar-refractivity contribution in [2.75, 3.05) is 6.54 Å². The van der Waals surface area contributed by atoms with E-state index in [1.807, 2.05) is 45.2 Å². The lowest BCUT2D eigenvalue weighted by Crippen LogP contribution is -2.49. The number of carbonyl (C=O) groups excluding carboxylic acids is 1. The number of carbonyl (C=O) groups is 2. The Morgan fingerprint density at radius 1 is 1.38 bits per heavy atom. The standard InChI is InChI=1S/C15H24N2O3S/c1-10(2)8-11(13(18)19)17-14(20)16-9-15(3,4)12-6-5-7-21-12/h5-7,10-11H,8-9H2,1-4H3,(H,18,19)(H2,16,17,20)/t11-/m1/s1. The molecule has 1 atom stereocenters. The van der Waals surface area contributed by atoms with Gasteiger partial charge in [-0.05, 0) is 23.8 Å². The maximum Gasteiger partial charge on any atom is 0.326 e. The first-order valence-corrected chi connectivity index (χ1v) is 7.91. The fourth-order valence-electron chi connectivity index (χ4n) is 1.95. The molecule has 118 valence electrons. The van der Waals surface area contributed by atoms with Gasteiger partial charge in [-0.2, -0.15) is 0 Å². The van der Waals surface area contributed by atoms with Gasteiger partial charge in [-0.1, -0.05) is 33.8 Å². The Kier molecular flexibility index (Phi) is 6.20. The number of amides is 2. The van der Waals surface area contributed by atoms with Gasteiger partial charge >= 0.3 is 12.0 Å². The molecule has 1 aromatic heterocycles. The van der Waals surface area contributed by atoms with Gasteiger partial charge in [0.25, 0.3) is 0 Å². The van der Waals surface area contributed by atoms with Crippen molar-refractivity contribution in [1.29, 1.82) is 0 Å². The van der Waals surface area contributed by atoms with Crippen LogP contribution < -0.4 is 10.6 Å². The smallest absolute Gasteiger partial charge is 0.326 e. The van der Waals surface area contributed by atoms with Crippen LogP contribution in [-0.4, -0.2) is 29.7 Å². The number of carboxylic acids is 1. The van der Waals surface area contributed by atoms with Crippen LogP contribution in [-0.2, 0) is 10.2 Å². The molecule has 0 saturated heterocycles. The Morgan fingerprint density at radius 2 is 2.05 bits per heavy atom. The molecular weight excluding hydrogens is 288 g/mol. The minimum Gasteiger partial charge on any atom is -0.480 e. The fraction of sp³-hybridized carbons (Fsp3) is 0.600. The summed E-state index contributed by atoms with van der Waals surface area (Å²) in [7, 11) is 0.